The Balaban J connectivity index is 1.88. The molecule has 2 amide bonds. The maximum atomic E-state index is 12.1. The van der Waals surface area contributed by atoms with Crippen LogP contribution in [0, 0.1) is 11.3 Å². The number of hydrogen-bond acceptors (Lipinski definition) is 6. The van der Waals surface area contributed by atoms with Gasteiger partial charge >= 0.3 is 5.97 Å². The van der Waals surface area contributed by atoms with Gasteiger partial charge in [-0.05, 0) is 49.8 Å². The zero-order valence-electron chi connectivity index (χ0n) is 15.2. The SMILES string of the molecule is CCOC(=O)c1ccc(-c2ccc(C=C3C(=O)NC(=O)C(C#N)=C3C)o2)cc1. The lowest BCUT2D eigenvalue weighted by atomic mass is 9.96. The topological polar surface area (TPSA) is 109 Å². The minimum absolute atomic E-state index is 0.104. The molecule has 1 aromatic heterocycles. The van der Waals surface area contributed by atoms with Crippen LogP contribution in [-0.2, 0) is 14.3 Å². The highest BCUT2D eigenvalue weighted by molar-refractivity contribution is 6.19. The average Bonchev–Trinajstić information content (AvgIpc) is 3.14. The fourth-order valence-electron chi connectivity index (χ4n) is 2.73. The number of amides is 2. The number of benzene rings is 1. The summed E-state index contributed by atoms with van der Waals surface area (Å²) >= 11 is 0. The van der Waals surface area contributed by atoms with E-state index in [0.717, 1.165) is 5.56 Å². The zero-order chi connectivity index (χ0) is 20.3. The van der Waals surface area contributed by atoms with Gasteiger partial charge in [-0.2, -0.15) is 5.26 Å². The predicted octanol–water partition coefficient (Wildman–Crippen LogP) is 3.00. The number of esters is 1. The third kappa shape index (κ3) is 3.62. The highest BCUT2D eigenvalue weighted by atomic mass is 16.5. The number of nitrogens with zero attached hydrogens (tertiary/aromatic N) is 1. The molecule has 7 heteroatoms. The Kier molecular flexibility index (Phi) is 5.23. The first-order valence-corrected chi connectivity index (χ1v) is 8.50. The average molecular weight is 376 g/mol. The highest BCUT2D eigenvalue weighted by Crippen LogP contribution is 2.27. The Bertz CT molecular complexity index is 1060. The number of imide groups is 1. The van der Waals surface area contributed by atoms with Crippen molar-refractivity contribution in [1.82, 2.24) is 5.32 Å². The number of carbonyl (C=O) groups excluding carboxylic acids is 3. The van der Waals surface area contributed by atoms with Gasteiger partial charge in [-0.3, -0.25) is 14.9 Å². The molecule has 2 heterocycles. The first-order valence-electron chi connectivity index (χ1n) is 8.50. The lowest BCUT2D eigenvalue weighted by Crippen LogP contribution is -2.37. The van der Waals surface area contributed by atoms with Crippen LogP contribution in [0.5, 0.6) is 0 Å². The molecule has 0 radical (unpaired) electrons. The molecule has 2 aromatic rings. The molecule has 7 nitrogen and oxygen atoms in total. The first-order chi connectivity index (χ1) is 13.4. The second kappa shape index (κ2) is 7.76. The summed E-state index contributed by atoms with van der Waals surface area (Å²) in [6.45, 7) is 3.58. The van der Waals surface area contributed by atoms with E-state index in [9.17, 15) is 14.4 Å². The Labute approximate surface area is 160 Å². The van der Waals surface area contributed by atoms with Gasteiger partial charge in [-0.1, -0.05) is 12.1 Å². The van der Waals surface area contributed by atoms with Crippen molar-refractivity contribution in [3.05, 3.63) is 64.4 Å². The number of nitrogens with one attached hydrogen (secondary N) is 1. The molecular formula is C21H16N2O5. The normalized spacial score (nSPS) is 15.4. The fourth-order valence-corrected chi connectivity index (χ4v) is 2.73. The summed E-state index contributed by atoms with van der Waals surface area (Å²) in [5.41, 5.74) is 1.56. The van der Waals surface area contributed by atoms with Crippen LogP contribution in [0.15, 0.2) is 57.5 Å². The highest BCUT2D eigenvalue weighted by Gasteiger charge is 2.27. The van der Waals surface area contributed by atoms with Crippen LogP contribution >= 0.6 is 0 Å². The van der Waals surface area contributed by atoms with Gasteiger partial charge in [0.05, 0.1) is 12.2 Å². The quantitative estimate of drug-likeness (QED) is 0.499. The van der Waals surface area contributed by atoms with Crippen LogP contribution in [0.1, 0.15) is 30.0 Å². The molecule has 0 spiro atoms. The Morgan fingerprint density at radius 3 is 2.54 bits per heavy atom. The van der Waals surface area contributed by atoms with E-state index in [0.29, 0.717) is 29.3 Å². The maximum absolute atomic E-state index is 12.1. The molecule has 0 aliphatic carbocycles. The van der Waals surface area contributed by atoms with Crippen LogP contribution in [0.3, 0.4) is 0 Å². The van der Waals surface area contributed by atoms with Gasteiger partial charge in [-0.25, -0.2) is 4.79 Å². The summed E-state index contributed by atoms with van der Waals surface area (Å²) < 4.78 is 10.7. The largest absolute Gasteiger partial charge is 0.462 e. The van der Waals surface area contributed by atoms with Crippen molar-refractivity contribution in [2.24, 2.45) is 0 Å². The molecule has 0 saturated carbocycles. The van der Waals surface area contributed by atoms with Gasteiger partial charge in [-0.15, -0.1) is 0 Å². The van der Waals surface area contributed by atoms with E-state index in [2.05, 4.69) is 5.32 Å². The van der Waals surface area contributed by atoms with E-state index in [1.807, 2.05) is 0 Å². The summed E-state index contributed by atoms with van der Waals surface area (Å²) in [6.07, 6.45) is 1.48. The summed E-state index contributed by atoms with van der Waals surface area (Å²) in [7, 11) is 0. The number of furan rings is 1. The predicted molar refractivity (Wildman–Crippen MR) is 99.5 cm³/mol. The van der Waals surface area contributed by atoms with E-state index in [4.69, 9.17) is 14.4 Å². The van der Waals surface area contributed by atoms with Gasteiger partial charge in [0.25, 0.3) is 11.8 Å². The number of ether oxygens (including phenoxy) is 1. The van der Waals surface area contributed by atoms with Gasteiger partial charge in [0.15, 0.2) is 0 Å². The molecule has 1 aliphatic heterocycles. The van der Waals surface area contributed by atoms with Gasteiger partial charge in [0.1, 0.15) is 23.2 Å². The first kappa shape index (κ1) is 18.9. The Hall–Kier alpha value is -3.92. The van der Waals surface area contributed by atoms with E-state index in [1.54, 1.807) is 56.3 Å². The Morgan fingerprint density at radius 2 is 1.89 bits per heavy atom. The molecule has 1 aliphatic rings. The van der Waals surface area contributed by atoms with Crippen molar-refractivity contribution < 1.29 is 23.5 Å². The van der Waals surface area contributed by atoms with E-state index in [-0.39, 0.29) is 11.1 Å². The van der Waals surface area contributed by atoms with Gasteiger partial charge in [0, 0.05) is 11.1 Å². The van der Waals surface area contributed by atoms with Crippen molar-refractivity contribution in [3.8, 4) is 17.4 Å². The van der Waals surface area contributed by atoms with Crippen molar-refractivity contribution >= 4 is 23.9 Å². The maximum Gasteiger partial charge on any atom is 0.338 e. The molecule has 3 rings (SSSR count). The minimum Gasteiger partial charge on any atom is -0.462 e. The molecule has 0 bridgehead atoms. The lowest BCUT2D eigenvalue weighted by molar-refractivity contribution is -0.126. The molecule has 0 saturated heterocycles. The molecule has 140 valence electrons. The van der Waals surface area contributed by atoms with Crippen molar-refractivity contribution in [1.29, 1.82) is 5.26 Å². The van der Waals surface area contributed by atoms with Crippen LogP contribution < -0.4 is 5.32 Å². The summed E-state index contributed by atoms with van der Waals surface area (Å²) in [4.78, 5) is 35.4. The second-order valence-electron chi connectivity index (χ2n) is 5.95. The third-order valence-electron chi connectivity index (χ3n) is 4.18. The number of rotatable bonds is 4. The van der Waals surface area contributed by atoms with Gasteiger partial charge < -0.3 is 9.15 Å². The number of carbonyl (C=O) groups is 3. The minimum atomic E-state index is -0.705. The summed E-state index contributed by atoms with van der Waals surface area (Å²) in [5.74, 6) is -0.758. The molecule has 28 heavy (non-hydrogen) atoms. The molecule has 1 aromatic carbocycles. The third-order valence-corrected chi connectivity index (χ3v) is 4.18. The van der Waals surface area contributed by atoms with Gasteiger partial charge in [0.2, 0.25) is 0 Å². The molecule has 1 N–H and O–H groups in total. The van der Waals surface area contributed by atoms with E-state index < -0.39 is 17.8 Å². The monoisotopic (exact) mass is 376 g/mol. The summed E-state index contributed by atoms with van der Waals surface area (Å²) in [5, 5.41) is 11.2. The van der Waals surface area contributed by atoms with E-state index >= 15 is 0 Å². The molecule has 0 unspecified atom stereocenters. The molecular weight excluding hydrogens is 360 g/mol. The van der Waals surface area contributed by atoms with Crippen LogP contribution in [0.25, 0.3) is 17.4 Å². The molecule has 0 fully saturated rings. The fraction of sp³-hybridized carbons (Fsp3) is 0.143. The zero-order valence-corrected chi connectivity index (χ0v) is 15.2. The van der Waals surface area contributed by atoms with E-state index in [1.165, 1.54) is 6.08 Å². The second-order valence-corrected chi connectivity index (χ2v) is 5.95. The number of hydrogen-bond donors (Lipinski definition) is 1. The van der Waals surface area contributed by atoms with Crippen molar-refractivity contribution in [3.63, 3.8) is 0 Å². The summed E-state index contributed by atoms with van der Waals surface area (Å²) in [6, 6.07) is 11.9. The standard InChI is InChI=1S/C21H16N2O5/c1-3-27-21(26)14-6-4-13(5-7-14)18-9-8-15(28-18)10-16-12(2)17(11-22)20(25)23-19(16)24/h4-10H,3H2,1-2H3,(H,23,24,25). The van der Waals surface area contributed by atoms with Crippen molar-refractivity contribution in [2.75, 3.05) is 6.61 Å². The van der Waals surface area contributed by atoms with Crippen LogP contribution in [-0.4, -0.2) is 24.4 Å². The molecule has 0 atom stereocenters. The Morgan fingerprint density at radius 1 is 1.18 bits per heavy atom. The lowest BCUT2D eigenvalue weighted by Gasteiger charge is -2.15. The van der Waals surface area contributed by atoms with Crippen molar-refractivity contribution in [2.45, 2.75) is 13.8 Å². The smallest absolute Gasteiger partial charge is 0.338 e. The van der Waals surface area contributed by atoms with Crippen LogP contribution in [0.4, 0.5) is 0 Å². The van der Waals surface area contributed by atoms with Crippen LogP contribution in [0.2, 0.25) is 0 Å². The number of nitriles is 1.